The predicted octanol–water partition coefficient (Wildman–Crippen LogP) is 3.04. The first kappa shape index (κ1) is 12.8. The van der Waals surface area contributed by atoms with Crippen LogP contribution in [0.4, 0.5) is 5.69 Å². The highest BCUT2D eigenvalue weighted by Gasteiger charge is 2.39. The molecule has 0 unspecified atom stereocenters. The summed E-state index contributed by atoms with van der Waals surface area (Å²) >= 11 is 11.9. The van der Waals surface area contributed by atoms with E-state index in [1.54, 1.807) is 0 Å². The summed E-state index contributed by atoms with van der Waals surface area (Å²) in [4.78, 5) is 16.0. The fourth-order valence-corrected chi connectivity index (χ4v) is 3.29. The SMILES string of the molecule is O=C(NNc1c(Cl)cncc1Cl)[C@@H]1C[C@H]2C=C[C@H]1C2. The van der Waals surface area contributed by atoms with Gasteiger partial charge in [0.2, 0.25) is 5.91 Å². The van der Waals surface area contributed by atoms with Crippen molar-refractivity contribution in [3.05, 3.63) is 34.6 Å². The van der Waals surface area contributed by atoms with Gasteiger partial charge in [-0.3, -0.25) is 20.6 Å². The Balaban J connectivity index is 1.64. The van der Waals surface area contributed by atoms with Gasteiger partial charge in [-0.2, -0.15) is 0 Å². The van der Waals surface area contributed by atoms with Gasteiger partial charge >= 0.3 is 0 Å². The second kappa shape index (κ2) is 5.02. The Morgan fingerprint density at radius 2 is 1.95 bits per heavy atom. The monoisotopic (exact) mass is 297 g/mol. The molecule has 1 fully saturated rings. The van der Waals surface area contributed by atoms with Crippen molar-refractivity contribution in [2.75, 3.05) is 5.43 Å². The van der Waals surface area contributed by atoms with E-state index in [0.717, 1.165) is 12.8 Å². The predicted molar refractivity (Wildman–Crippen MR) is 74.9 cm³/mol. The Morgan fingerprint density at radius 1 is 1.21 bits per heavy atom. The van der Waals surface area contributed by atoms with E-state index < -0.39 is 0 Å². The van der Waals surface area contributed by atoms with Crippen LogP contribution in [-0.4, -0.2) is 10.9 Å². The number of anilines is 1. The van der Waals surface area contributed by atoms with Gasteiger partial charge in [-0.05, 0) is 24.7 Å². The number of aromatic nitrogens is 1. The standard InChI is InChI=1S/C13H13Cl2N3O/c14-10-5-16-6-11(15)12(10)17-18-13(19)9-4-7-1-2-8(9)3-7/h1-2,5-9H,3-4H2,(H,16,17)(H,18,19)/t7-,8-,9+/m0/s1. The van der Waals surface area contributed by atoms with Crippen LogP contribution in [-0.2, 0) is 4.79 Å². The van der Waals surface area contributed by atoms with Gasteiger partial charge in [0.25, 0.3) is 0 Å². The Morgan fingerprint density at radius 3 is 2.53 bits per heavy atom. The number of carbonyl (C=O) groups is 1. The number of allylic oxidation sites excluding steroid dienone is 2. The minimum Gasteiger partial charge on any atom is -0.295 e. The van der Waals surface area contributed by atoms with Crippen molar-refractivity contribution in [2.45, 2.75) is 12.8 Å². The van der Waals surface area contributed by atoms with Gasteiger partial charge in [0.05, 0.1) is 15.7 Å². The van der Waals surface area contributed by atoms with Crippen molar-refractivity contribution in [3.8, 4) is 0 Å². The molecular weight excluding hydrogens is 285 g/mol. The highest BCUT2D eigenvalue weighted by molar-refractivity contribution is 6.38. The first-order valence-electron chi connectivity index (χ1n) is 6.18. The van der Waals surface area contributed by atoms with Crippen molar-refractivity contribution < 1.29 is 4.79 Å². The molecule has 2 aliphatic carbocycles. The summed E-state index contributed by atoms with van der Waals surface area (Å²) in [5.41, 5.74) is 5.95. The third kappa shape index (κ3) is 2.42. The Labute approximate surface area is 121 Å². The van der Waals surface area contributed by atoms with Gasteiger partial charge in [-0.15, -0.1) is 0 Å². The van der Waals surface area contributed by atoms with Crippen molar-refractivity contribution in [1.82, 2.24) is 10.4 Å². The van der Waals surface area contributed by atoms with E-state index in [1.807, 2.05) is 0 Å². The van der Waals surface area contributed by atoms with E-state index in [2.05, 4.69) is 28.0 Å². The Hall–Kier alpha value is -1.26. The van der Waals surface area contributed by atoms with Crippen LogP contribution < -0.4 is 10.9 Å². The highest BCUT2D eigenvalue weighted by atomic mass is 35.5. The molecule has 2 bridgehead atoms. The molecule has 0 aromatic carbocycles. The van der Waals surface area contributed by atoms with Gasteiger partial charge in [0.1, 0.15) is 0 Å². The number of nitrogens with zero attached hydrogens (tertiary/aromatic N) is 1. The van der Waals surface area contributed by atoms with E-state index in [0.29, 0.717) is 27.6 Å². The Bertz CT molecular complexity index is 526. The molecule has 1 amide bonds. The summed E-state index contributed by atoms with van der Waals surface area (Å²) in [6.07, 6.45) is 9.31. The zero-order valence-corrected chi connectivity index (χ0v) is 11.6. The summed E-state index contributed by atoms with van der Waals surface area (Å²) in [6, 6.07) is 0. The summed E-state index contributed by atoms with van der Waals surface area (Å²) in [6.45, 7) is 0. The average Bonchev–Trinajstić information content (AvgIpc) is 3.00. The minimum atomic E-state index is -0.0132. The maximum atomic E-state index is 12.1. The first-order valence-corrected chi connectivity index (χ1v) is 6.94. The van der Waals surface area contributed by atoms with Gasteiger partial charge in [-0.25, -0.2) is 0 Å². The van der Waals surface area contributed by atoms with Gasteiger partial charge in [0, 0.05) is 18.3 Å². The lowest BCUT2D eigenvalue weighted by Crippen LogP contribution is -2.36. The summed E-state index contributed by atoms with van der Waals surface area (Å²) < 4.78 is 0. The zero-order chi connectivity index (χ0) is 13.4. The largest absolute Gasteiger partial charge is 0.295 e. The molecule has 0 spiro atoms. The third-order valence-electron chi connectivity index (χ3n) is 3.78. The van der Waals surface area contributed by atoms with Gasteiger partial charge in [-0.1, -0.05) is 35.4 Å². The molecule has 0 saturated heterocycles. The number of rotatable bonds is 3. The number of hydrogen-bond acceptors (Lipinski definition) is 3. The topological polar surface area (TPSA) is 54.0 Å². The maximum Gasteiger partial charge on any atom is 0.242 e. The zero-order valence-electron chi connectivity index (χ0n) is 10.1. The van der Waals surface area contributed by atoms with Gasteiger partial charge < -0.3 is 0 Å². The Kier molecular flexibility index (Phi) is 3.37. The molecule has 6 heteroatoms. The molecule has 3 rings (SSSR count). The molecule has 0 aliphatic heterocycles. The molecule has 3 atom stereocenters. The smallest absolute Gasteiger partial charge is 0.242 e. The van der Waals surface area contributed by atoms with Crippen molar-refractivity contribution in [2.24, 2.45) is 17.8 Å². The van der Waals surface area contributed by atoms with Crippen molar-refractivity contribution in [1.29, 1.82) is 0 Å². The number of amides is 1. The summed E-state index contributed by atoms with van der Waals surface area (Å²) in [5, 5.41) is 0.751. The lowest BCUT2D eigenvalue weighted by atomic mass is 9.93. The van der Waals surface area contributed by atoms with Crippen LogP contribution in [0.3, 0.4) is 0 Å². The van der Waals surface area contributed by atoms with Crippen molar-refractivity contribution in [3.63, 3.8) is 0 Å². The molecule has 1 saturated carbocycles. The molecule has 1 aromatic rings. The molecule has 0 radical (unpaired) electrons. The lowest BCUT2D eigenvalue weighted by molar-refractivity contribution is -0.125. The number of hydrazine groups is 1. The molecule has 2 N–H and O–H groups in total. The fourth-order valence-electron chi connectivity index (χ4n) is 2.83. The van der Waals surface area contributed by atoms with Crippen LogP contribution in [0, 0.1) is 17.8 Å². The highest BCUT2D eigenvalue weighted by Crippen LogP contribution is 2.43. The summed E-state index contributed by atoms with van der Waals surface area (Å²) in [7, 11) is 0. The van der Waals surface area contributed by atoms with E-state index in [-0.39, 0.29) is 11.8 Å². The lowest BCUT2D eigenvalue weighted by Gasteiger charge is -2.19. The van der Waals surface area contributed by atoms with E-state index in [4.69, 9.17) is 23.2 Å². The molecule has 2 aliphatic rings. The van der Waals surface area contributed by atoms with Crippen LogP contribution in [0.15, 0.2) is 24.5 Å². The van der Waals surface area contributed by atoms with Crippen LogP contribution in [0.1, 0.15) is 12.8 Å². The summed E-state index contributed by atoms with van der Waals surface area (Å²) in [5.74, 6) is 0.965. The molecule has 4 nitrogen and oxygen atoms in total. The van der Waals surface area contributed by atoms with E-state index in [1.165, 1.54) is 12.4 Å². The average molecular weight is 298 g/mol. The number of nitrogens with one attached hydrogen (secondary N) is 2. The van der Waals surface area contributed by atoms with E-state index >= 15 is 0 Å². The van der Waals surface area contributed by atoms with Crippen molar-refractivity contribution >= 4 is 34.8 Å². The fraction of sp³-hybridized carbons (Fsp3) is 0.385. The number of carbonyl (C=O) groups excluding carboxylic acids is 1. The molecule has 19 heavy (non-hydrogen) atoms. The first-order chi connectivity index (χ1) is 9.15. The number of fused-ring (bicyclic) bond motifs is 2. The molecule has 100 valence electrons. The van der Waals surface area contributed by atoms with Crippen LogP contribution in [0.2, 0.25) is 10.0 Å². The normalized spacial score (nSPS) is 27.6. The number of pyridine rings is 1. The quantitative estimate of drug-likeness (QED) is 0.666. The molecular formula is C13H13Cl2N3O. The minimum absolute atomic E-state index is 0.0132. The second-order valence-electron chi connectivity index (χ2n) is 4.98. The molecule has 1 aromatic heterocycles. The number of halogens is 2. The van der Waals surface area contributed by atoms with Crippen LogP contribution in [0.25, 0.3) is 0 Å². The van der Waals surface area contributed by atoms with E-state index in [9.17, 15) is 4.79 Å². The second-order valence-corrected chi connectivity index (χ2v) is 5.79. The number of hydrogen-bond donors (Lipinski definition) is 2. The van der Waals surface area contributed by atoms with Crippen LogP contribution >= 0.6 is 23.2 Å². The maximum absolute atomic E-state index is 12.1. The van der Waals surface area contributed by atoms with Crippen LogP contribution in [0.5, 0.6) is 0 Å². The molecule has 1 heterocycles. The third-order valence-corrected chi connectivity index (χ3v) is 4.35. The van der Waals surface area contributed by atoms with Gasteiger partial charge in [0.15, 0.2) is 0 Å².